The predicted octanol–water partition coefficient (Wildman–Crippen LogP) is 4.04. The van der Waals surface area contributed by atoms with Crippen LogP contribution in [0.1, 0.15) is 17.5 Å². The number of aromatic nitrogens is 2. The number of anilines is 1. The number of nitrogens with zero attached hydrogens (tertiary/aromatic N) is 4. The number of pyridine rings is 2. The summed E-state index contributed by atoms with van der Waals surface area (Å²) in [7, 11) is -3.64. The van der Waals surface area contributed by atoms with Gasteiger partial charge in [-0.25, -0.2) is 8.42 Å². The maximum Gasteiger partial charge on any atom is 0.243 e. The van der Waals surface area contributed by atoms with E-state index in [4.69, 9.17) is 23.2 Å². The molecule has 3 heterocycles. The van der Waals surface area contributed by atoms with E-state index in [-0.39, 0.29) is 17.1 Å². The summed E-state index contributed by atoms with van der Waals surface area (Å²) in [5.74, 6) is 0.101. The molecule has 3 aromatic rings. The first kappa shape index (κ1) is 24.6. The number of piperazine rings is 1. The van der Waals surface area contributed by atoms with Crippen molar-refractivity contribution in [1.29, 1.82) is 0 Å². The average Bonchev–Trinajstić information content (AvgIpc) is 2.84. The van der Waals surface area contributed by atoms with Crippen LogP contribution in [0.5, 0.6) is 0 Å². The van der Waals surface area contributed by atoms with Gasteiger partial charge < -0.3 is 4.90 Å². The van der Waals surface area contributed by atoms with Gasteiger partial charge in [0.25, 0.3) is 0 Å². The predicted molar refractivity (Wildman–Crippen MR) is 133 cm³/mol. The molecule has 0 amide bonds. The third-order valence-corrected chi connectivity index (χ3v) is 8.23. The maximum absolute atomic E-state index is 13.1. The lowest BCUT2D eigenvalue weighted by Gasteiger charge is -2.36. The Morgan fingerprint density at radius 2 is 1.56 bits per heavy atom. The van der Waals surface area contributed by atoms with Gasteiger partial charge in [-0.2, -0.15) is 4.31 Å². The van der Waals surface area contributed by atoms with Crippen LogP contribution in [-0.2, 0) is 27.7 Å². The molecule has 1 aliphatic rings. The Morgan fingerprint density at radius 3 is 2.18 bits per heavy atom. The Labute approximate surface area is 209 Å². The summed E-state index contributed by atoms with van der Waals surface area (Å²) in [6.45, 7) is 1.55. The minimum absolute atomic E-state index is 0.101. The van der Waals surface area contributed by atoms with Crippen LogP contribution in [0.15, 0.2) is 66.1 Å². The van der Waals surface area contributed by atoms with Gasteiger partial charge in [0.05, 0.1) is 20.6 Å². The number of benzene rings is 1. The lowest BCUT2D eigenvalue weighted by molar-refractivity contribution is -0.118. The van der Waals surface area contributed by atoms with Gasteiger partial charge in [0.2, 0.25) is 10.0 Å². The van der Waals surface area contributed by atoms with Crippen molar-refractivity contribution in [2.45, 2.75) is 24.2 Å². The number of carbonyl (C=O) groups excluding carboxylic acids is 1. The van der Waals surface area contributed by atoms with Crippen molar-refractivity contribution in [2.24, 2.45) is 0 Å². The van der Waals surface area contributed by atoms with Gasteiger partial charge in [0, 0.05) is 63.8 Å². The van der Waals surface area contributed by atoms with Gasteiger partial charge >= 0.3 is 0 Å². The normalized spacial score (nSPS) is 14.8. The van der Waals surface area contributed by atoms with E-state index in [0.29, 0.717) is 54.8 Å². The topological polar surface area (TPSA) is 83.5 Å². The molecule has 34 heavy (non-hydrogen) atoms. The van der Waals surface area contributed by atoms with E-state index in [2.05, 4.69) is 9.97 Å². The number of rotatable bonds is 8. The summed E-state index contributed by atoms with van der Waals surface area (Å²) >= 11 is 12.5. The molecule has 7 nitrogen and oxygen atoms in total. The third kappa shape index (κ3) is 5.75. The van der Waals surface area contributed by atoms with E-state index in [1.54, 1.807) is 36.7 Å². The fraction of sp³-hybridized carbons (Fsp3) is 0.292. The molecular weight excluding hydrogens is 495 g/mol. The molecule has 0 radical (unpaired) electrons. The highest BCUT2D eigenvalue weighted by molar-refractivity contribution is 7.89. The standard InChI is InChI=1S/C24H24Cl2N4O3S/c25-22-16-28-17-23(26)24(22)29-10-12-30(13-11-29)34(32,33)21-7-4-18(5-8-21)14-20(31)6-3-19-2-1-9-27-15-19/h1-2,4-5,7-9,15-17H,3,6,10-14H2. The summed E-state index contributed by atoms with van der Waals surface area (Å²) in [5, 5.41) is 0.878. The van der Waals surface area contributed by atoms with Crippen molar-refractivity contribution < 1.29 is 13.2 Å². The molecule has 10 heteroatoms. The highest BCUT2D eigenvalue weighted by atomic mass is 35.5. The first-order valence-electron chi connectivity index (χ1n) is 10.9. The molecule has 1 fully saturated rings. The molecule has 0 atom stereocenters. The number of hydrogen-bond donors (Lipinski definition) is 0. The minimum atomic E-state index is -3.64. The molecule has 0 spiro atoms. The minimum Gasteiger partial charge on any atom is -0.366 e. The van der Waals surface area contributed by atoms with Crippen LogP contribution >= 0.6 is 23.2 Å². The summed E-state index contributed by atoms with van der Waals surface area (Å²) in [6, 6.07) is 10.4. The summed E-state index contributed by atoms with van der Waals surface area (Å²) < 4.78 is 27.7. The highest BCUT2D eigenvalue weighted by Crippen LogP contribution is 2.33. The van der Waals surface area contributed by atoms with E-state index in [0.717, 1.165) is 11.1 Å². The molecule has 178 valence electrons. The van der Waals surface area contributed by atoms with Crippen LogP contribution in [0.25, 0.3) is 0 Å². The second kappa shape index (κ2) is 10.8. The summed E-state index contributed by atoms with van der Waals surface area (Å²) in [4.78, 5) is 22.5. The number of Topliss-reactive ketones (excluding diaryl/α,β-unsaturated/α-hetero) is 1. The van der Waals surface area contributed by atoms with E-state index < -0.39 is 10.0 Å². The van der Waals surface area contributed by atoms with E-state index in [9.17, 15) is 13.2 Å². The van der Waals surface area contributed by atoms with E-state index in [1.165, 1.54) is 16.7 Å². The second-order valence-corrected chi connectivity index (χ2v) is 10.8. The number of hydrogen-bond acceptors (Lipinski definition) is 6. The Hall–Kier alpha value is -2.52. The zero-order valence-corrected chi connectivity index (χ0v) is 20.7. The molecule has 2 aromatic heterocycles. The lowest BCUT2D eigenvalue weighted by atomic mass is 10.0. The Bertz CT molecular complexity index is 1230. The van der Waals surface area contributed by atoms with Gasteiger partial charge in [-0.1, -0.05) is 41.4 Å². The van der Waals surface area contributed by atoms with E-state index in [1.807, 2.05) is 17.0 Å². The fourth-order valence-electron chi connectivity index (χ4n) is 3.93. The zero-order valence-electron chi connectivity index (χ0n) is 18.4. The SMILES string of the molecule is O=C(CCc1cccnc1)Cc1ccc(S(=O)(=O)N2CCN(c3c(Cl)cncc3Cl)CC2)cc1. The van der Waals surface area contributed by atoms with Crippen molar-refractivity contribution >= 4 is 44.7 Å². The van der Waals surface area contributed by atoms with Crippen molar-refractivity contribution in [1.82, 2.24) is 14.3 Å². The Morgan fingerprint density at radius 1 is 0.882 bits per heavy atom. The van der Waals surface area contributed by atoms with Crippen molar-refractivity contribution in [3.05, 3.63) is 82.4 Å². The van der Waals surface area contributed by atoms with Crippen molar-refractivity contribution in [2.75, 3.05) is 31.1 Å². The molecule has 4 rings (SSSR count). The Balaban J connectivity index is 1.34. The number of sulfonamides is 1. The van der Waals surface area contributed by atoms with Crippen LogP contribution < -0.4 is 4.90 Å². The lowest BCUT2D eigenvalue weighted by Crippen LogP contribution is -2.48. The fourth-order valence-corrected chi connectivity index (χ4v) is 5.96. The maximum atomic E-state index is 13.1. The quantitative estimate of drug-likeness (QED) is 0.447. The summed E-state index contributed by atoms with van der Waals surface area (Å²) in [5.41, 5.74) is 2.49. The molecule has 0 unspecified atom stereocenters. The molecule has 0 saturated carbocycles. The first-order chi connectivity index (χ1) is 16.3. The molecule has 0 bridgehead atoms. The van der Waals surface area contributed by atoms with E-state index >= 15 is 0 Å². The number of carbonyl (C=O) groups is 1. The number of halogens is 2. The molecule has 0 N–H and O–H groups in total. The monoisotopic (exact) mass is 518 g/mol. The smallest absolute Gasteiger partial charge is 0.243 e. The molecule has 1 aromatic carbocycles. The van der Waals surface area contributed by atoms with Gasteiger partial charge in [-0.05, 0) is 35.7 Å². The van der Waals surface area contributed by atoms with Crippen LogP contribution in [-0.4, -0.2) is 54.7 Å². The Kier molecular flexibility index (Phi) is 7.83. The zero-order chi connectivity index (χ0) is 24.1. The van der Waals surface area contributed by atoms with Gasteiger partial charge in [-0.15, -0.1) is 0 Å². The molecule has 0 aliphatic carbocycles. The summed E-state index contributed by atoms with van der Waals surface area (Å²) in [6.07, 6.45) is 7.84. The average molecular weight is 519 g/mol. The van der Waals surface area contributed by atoms with Crippen molar-refractivity contribution in [3.63, 3.8) is 0 Å². The number of ketones is 1. The molecule has 1 aliphatic heterocycles. The highest BCUT2D eigenvalue weighted by Gasteiger charge is 2.29. The van der Waals surface area contributed by atoms with Crippen LogP contribution in [0.3, 0.4) is 0 Å². The van der Waals surface area contributed by atoms with Gasteiger partial charge in [0.15, 0.2) is 0 Å². The van der Waals surface area contributed by atoms with Crippen molar-refractivity contribution in [3.8, 4) is 0 Å². The third-order valence-electron chi connectivity index (χ3n) is 5.76. The largest absolute Gasteiger partial charge is 0.366 e. The molecular formula is C24H24Cl2N4O3S. The first-order valence-corrected chi connectivity index (χ1v) is 13.1. The van der Waals surface area contributed by atoms with Gasteiger partial charge in [0.1, 0.15) is 5.78 Å². The van der Waals surface area contributed by atoms with Gasteiger partial charge in [-0.3, -0.25) is 14.8 Å². The number of aryl methyl sites for hydroxylation is 1. The van der Waals surface area contributed by atoms with Crippen LogP contribution in [0.2, 0.25) is 10.0 Å². The van der Waals surface area contributed by atoms with Crippen LogP contribution in [0, 0.1) is 0 Å². The molecule has 1 saturated heterocycles. The van der Waals surface area contributed by atoms with Crippen LogP contribution in [0.4, 0.5) is 5.69 Å². The second-order valence-electron chi connectivity index (χ2n) is 8.06.